The molecule has 0 aliphatic carbocycles. The van der Waals surface area contributed by atoms with Crippen LogP contribution in [0, 0.1) is 13.8 Å². The van der Waals surface area contributed by atoms with Crippen LogP contribution in [-0.2, 0) is 13.0 Å². The second-order valence-corrected chi connectivity index (χ2v) is 10.2. The Kier molecular flexibility index (Phi) is 5.69. The van der Waals surface area contributed by atoms with Gasteiger partial charge in [0.2, 0.25) is 0 Å². The van der Waals surface area contributed by atoms with E-state index in [9.17, 15) is 4.79 Å². The first kappa shape index (κ1) is 22.7. The summed E-state index contributed by atoms with van der Waals surface area (Å²) < 4.78 is 4.51. The van der Waals surface area contributed by atoms with Crippen LogP contribution in [0.1, 0.15) is 40.0 Å². The van der Waals surface area contributed by atoms with Crippen molar-refractivity contribution < 1.29 is 4.79 Å². The molecule has 36 heavy (non-hydrogen) atoms. The number of carbonyl (C=O) groups excluding carboxylic acids is 1. The molecule has 0 radical (unpaired) electrons. The minimum absolute atomic E-state index is 0.111. The average Bonchev–Trinajstić information content (AvgIpc) is 3.28. The number of nitrogens with zero attached hydrogens (tertiary/aromatic N) is 2. The lowest BCUT2D eigenvalue weighted by molar-refractivity contribution is 0.102. The number of hydrogen-bond acceptors (Lipinski definition) is 1. The fourth-order valence-corrected chi connectivity index (χ4v) is 5.53. The number of nitrogens with one attached hydrogen (secondary N) is 1. The highest BCUT2D eigenvalue weighted by atomic mass is 35.5. The molecule has 0 atom stereocenters. The average molecular weight is 494 g/mol. The van der Waals surface area contributed by atoms with Crippen LogP contribution in [0.5, 0.6) is 0 Å². The maximum atomic E-state index is 14.0. The summed E-state index contributed by atoms with van der Waals surface area (Å²) in [6, 6.07) is 24.4. The number of aryl methyl sites for hydroxylation is 4. The van der Waals surface area contributed by atoms with Crippen molar-refractivity contribution in [3.05, 3.63) is 106 Å². The van der Waals surface area contributed by atoms with E-state index in [-0.39, 0.29) is 5.91 Å². The normalized spacial score (nSPS) is 13.1. The quantitative estimate of drug-likeness (QED) is 0.271. The van der Waals surface area contributed by atoms with Gasteiger partial charge in [-0.3, -0.25) is 9.20 Å². The van der Waals surface area contributed by atoms with Gasteiger partial charge in [-0.2, -0.15) is 0 Å². The number of halogens is 1. The van der Waals surface area contributed by atoms with Crippen molar-refractivity contribution in [2.24, 2.45) is 0 Å². The molecule has 5 aromatic rings. The molecule has 0 saturated heterocycles. The van der Waals surface area contributed by atoms with Crippen molar-refractivity contribution in [2.75, 3.05) is 5.32 Å². The topological polar surface area (TPSA) is 38.4 Å². The van der Waals surface area contributed by atoms with Gasteiger partial charge in [-0.25, -0.2) is 0 Å². The molecule has 2 aromatic heterocycles. The van der Waals surface area contributed by atoms with E-state index in [1.165, 1.54) is 11.1 Å². The fraction of sp³-hybridized carbons (Fsp3) is 0.194. The molecule has 0 fully saturated rings. The van der Waals surface area contributed by atoms with Crippen LogP contribution in [0.15, 0.2) is 79.0 Å². The Bertz CT molecular complexity index is 1590. The van der Waals surface area contributed by atoms with Gasteiger partial charge in [0.25, 0.3) is 5.91 Å². The van der Waals surface area contributed by atoms with Gasteiger partial charge in [0.15, 0.2) is 0 Å². The van der Waals surface area contributed by atoms with E-state index in [0.717, 1.165) is 65.1 Å². The van der Waals surface area contributed by atoms with Crippen molar-refractivity contribution in [3.8, 4) is 22.4 Å². The van der Waals surface area contributed by atoms with E-state index in [1.54, 1.807) is 0 Å². The fourth-order valence-electron chi connectivity index (χ4n) is 5.40. The van der Waals surface area contributed by atoms with Crippen LogP contribution in [0.25, 0.3) is 28.0 Å². The third kappa shape index (κ3) is 3.92. The number of benzene rings is 3. The van der Waals surface area contributed by atoms with Gasteiger partial charge in [-0.15, -0.1) is 0 Å². The van der Waals surface area contributed by atoms with Gasteiger partial charge >= 0.3 is 0 Å². The van der Waals surface area contributed by atoms with E-state index < -0.39 is 0 Å². The highest BCUT2D eigenvalue weighted by Crippen LogP contribution is 2.40. The zero-order chi connectivity index (χ0) is 24.8. The molecular formula is C31H28ClN3O. The van der Waals surface area contributed by atoms with Crippen LogP contribution in [0.3, 0.4) is 0 Å². The SMILES string of the molecule is Cc1ccc(-c2cn3c(C(=O)Nc4cccc(C)c4)c(-c4ccc(Cl)cc4)c4c3n2CCCC4)cc1. The molecule has 1 amide bonds. The molecule has 6 rings (SSSR count). The molecule has 180 valence electrons. The lowest BCUT2D eigenvalue weighted by Gasteiger charge is -2.11. The van der Waals surface area contributed by atoms with Crippen molar-refractivity contribution in [1.29, 1.82) is 0 Å². The lowest BCUT2D eigenvalue weighted by atomic mass is 9.97. The third-order valence-electron chi connectivity index (χ3n) is 7.11. The number of amides is 1. The summed E-state index contributed by atoms with van der Waals surface area (Å²) in [5.41, 5.74) is 10.4. The maximum absolute atomic E-state index is 14.0. The first-order chi connectivity index (χ1) is 17.5. The Hall–Kier alpha value is -3.76. The number of rotatable bonds is 4. The number of hydrogen-bond donors (Lipinski definition) is 1. The molecule has 0 spiro atoms. The highest BCUT2D eigenvalue weighted by Gasteiger charge is 2.29. The lowest BCUT2D eigenvalue weighted by Crippen LogP contribution is -2.15. The molecule has 1 aliphatic heterocycles. The van der Waals surface area contributed by atoms with Crippen LogP contribution < -0.4 is 5.32 Å². The van der Waals surface area contributed by atoms with Gasteiger partial charge in [-0.05, 0) is 74.1 Å². The van der Waals surface area contributed by atoms with Gasteiger partial charge in [0, 0.05) is 34.6 Å². The van der Waals surface area contributed by atoms with Crippen molar-refractivity contribution >= 4 is 28.8 Å². The van der Waals surface area contributed by atoms with Gasteiger partial charge in [0.05, 0.1) is 5.69 Å². The number of anilines is 1. The minimum atomic E-state index is -0.111. The van der Waals surface area contributed by atoms with Gasteiger partial charge in [0.1, 0.15) is 11.3 Å². The van der Waals surface area contributed by atoms with E-state index in [0.29, 0.717) is 10.7 Å². The van der Waals surface area contributed by atoms with Crippen molar-refractivity contribution in [1.82, 2.24) is 8.97 Å². The Morgan fingerprint density at radius 3 is 2.39 bits per heavy atom. The molecule has 1 aliphatic rings. The molecular weight excluding hydrogens is 466 g/mol. The Labute approximate surface area is 216 Å². The second-order valence-electron chi connectivity index (χ2n) is 9.72. The summed E-state index contributed by atoms with van der Waals surface area (Å²) in [5, 5.41) is 3.85. The first-order valence-electron chi connectivity index (χ1n) is 12.5. The molecule has 0 bridgehead atoms. The molecule has 4 nitrogen and oxygen atoms in total. The maximum Gasteiger partial charge on any atom is 0.273 e. The zero-order valence-electron chi connectivity index (χ0n) is 20.5. The Balaban J connectivity index is 1.61. The monoisotopic (exact) mass is 493 g/mol. The summed E-state index contributed by atoms with van der Waals surface area (Å²) in [5.74, 6) is -0.111. The Morgan fingerprint density at radius 1 is 0.889 bits per heavy atom. The van der Waals surface area contributed by atoms with Crippen LogP contribution in [0.4, 0.5) is 5.69 Å². The smallest absolute Gasteiger partial charge is 0.273 e. The summed E-state index contributed by atoms with van der Waals surface area (Å²) in [6.45, 7) is 5.06. The molecule has 0 unspecified atom stereocenters. The molecule has 3 heterocycles. The molecule has 0 saturated carbocycles. The van der Waals surface area contributed by atoms with Gasteiger partial charge in [-0.1, -0.05) is 65.7 Å². The zero-order valence-corrected chi connectivity index (χ0v) is 21.3. The second kappa shape index (κ2) is 9.03. The van der Waals surface area contributed by atoms with E-state index in [1.807, 2.05) is 55.5 Å². The molecule has 3 aromatic carbocycles. The minimum Gasteiger partial charge on any atom is -0.325 e. The predicted molar refractivity (Wildman–Crippen MR) is 148 cm³/mol. The summed E-state index contributed by atoms with van der Waals surface area (Å²) in [7, 11) is 0. The number of carbonyl (C=O) groups is 1. The largest absolute Gasteiger partial charge is 0.325 e. The van der Waals surface area contributed by atoms with Crippen molar-refractivity contribution in [2.45, 2.75) is 39.7 Å². The van der Waals surface area contributed by atoms with E-state index >= 15 is 0 Å². The molecule has 5 heteroatoms. The van der Waals surface area contributed by atoms with Crippen LogP contribution in [-0.4, -0.2) is 14.9 Å². The van der Waals surface area contributed by atoms with Crippen molar-refractivity contribution in [3.63, 3.8) is 0 Å². The number of imidazole rings is 1. The summed E-state index contributed by atoms with van der Waals surface area (Å²) in [6.07, 6.45) is 5.24. The summed E-state index contributed by atoms with van der Waals surface area (Å²) in [4.78, 5) is 14.0. The summed E-state index contributed by atoms with van der Waals surface area (Å²) >= 11 is 6.23. The standard InChI is InChI=1S/C31H28ClN3O/c1-20-9-11-22(12-10-20)27-19-35-29(30(36)33-25-7-5-6-21(2)18-25)28(23-13-15-24(32)16-14-23)26-8-3-4-17-34(27)31(26)35/h5-7,9-16,18-19H,3-4,8,17H2,1-2H3,(H,33,36). The van der Waals surface area contributed by atoms with Crippen LogP contribution >= 0.6 is 11.6 Å². The molecule has 1 N–H and O–H groups in total. The number of aromatic nitrogens is 2. The van der Waals surface area contributed by atoms with Crippen LogP contribution in [0.2, 0.25) is 5.02 Å². The first-order valence-corrected chi connectivity index (χ1v) is 12.8. The highest BCUT2D eigenvalue weighted by molar-refractivity contribution is 6.30. The predicted octanol–water partition coefficient (Wildman–Crippen LogP) is 7.93. The third-order valence-corrected chi connectivity index (χ3v) is 7.36. The van der Waals surface area contributed by atoms with E-state index in [4.69, 9.17) is 11.6 Å². The Morgan fingerprint density at radius 2 is 1.64 bits per heavy atom. The van der Waals surface area contributed by atoms with E-state index in [2.05, 4.69) is 51.7 Å². The van der Waals surface area contributed by atoms with Gasteiger partial charge < -0.3 is 9.88 Å².